The number of amidine groups is 1. The largest absolute Gasteiger partial charge is 0.328 e. The minimum Gasteiger partial charge on any atom is -0.327 e. The highest BCUT2D eigenvalue weighted by Crippen LogP contribution is 2.29. The maximum absolute atomic E-state index is 12.4. The zero-order chi connectivity index (χ0) is 15.1. The normalized spacial score (nSPS) is 25.3. The van der Waals surface area contributed by atoms with Gasteiger partial charge in [-0.15, -0.1) is 0 Å². The molecule has 2 heterocycles. The second kappa shape index (κ2) is 5.04. The topological polar surface area (TPSA) is 56.2 Å². The molecule has 0 N–H and O–H groups in total. The smallest absolute Gasteiger partial charge is 0.327 e. The molecular formula is C14H15ClN4O2. The molecule has 0 aliphatic carbocycles. The lowest BCUT2D eigenvalue weighted by Crippen LogP contribution is -2.63. The Bertz CT molecular complexity index is 619. The molecule has 3 amide bonds. The van der Waals surface area contributed by atoms with Crippen molar-refractivity contribution in [3.63, 3.8) is 0 Å². The monoisotopic (exact) mass is 306 g/mol. The molecule has 2 aliphatic rings. The van der Waals surface area contributed by atoms with Crippen LogP contribution in [0.4, 0.5) is 4.79 Å². The van der Waals surface area contributed by atoms with Crippen LogP contribution in [0.5, 0.6) is 0 Å². The Balaban J connectivity index is 1.91. The molecule has 21 heavy (non-hydrogen) atoms. The zero-order valence-electron chi connectivity index (χ0n) is 11.7. The number of fused-ring (bicyclic) bond motifs is 1. The third-order valence-electron chi connectivity index (χ3n) is 3.86. The van der Waals surface area contributed by atoms with Gasteiger partial charge in [0, 0.05) is 20.6 Å². The van der Waals surface area contributed by atoms with Gasteiger partial charge < -0.3 is 9.80 Å². The van der Waals surface area contributed by atoms with E-state index in [1.54, 1.807) is 11.9 Å². The van der Waals surface area contributed by atoms with Gasteiger partial charge in [0.2, 0.25) is 0 Å². The minimum atomic E-state index is -0.564. The molecule has 7 heteroatoms. The molecule has 0 aromatic heterocycles. The Labute approximate surface area is 127 Å². The van der Waals surface area contributed by atoms with Crippen molar-refractivity contribution < 1.29 is 9.59 Å². The van der Waals surface area contributed by atoms with E-state index in [9.17, 15) is 9.59 Å². The Morgan fingerprint density at radius 1 is 1.19 bits per heavy atom. The number of likely N-dealkylation sites (N-methyl/N-ethyl adjacent to an activating group) is 2. The van der Waals surface area contributed by atoms with Crippen molar-refractivity contribution in [1.29, 1.82) is 0 Å². The fraction of sp³-hybridized carbons (Fsp3) is 0.357. The molecule has 2 aliphatic heterocycles. The highest BCUT2D eigenvalue weighted by atomic mass is 35.5. The molecule has 3 rings (SSSR count). The lowest BCUT2D eigenvalue weighted by Gasteiger charge is -2.39. The third kappa shape index (κ3) is 2.15. The van der Waals surface area contributed by atoms with E-state index in [1.807, 2.05) is 30.3 Å². The van der Waals surface area contributed by atoms with E-state index in [0.717, 1.165) is 10.5 Å². The summed E-state index contributed by atoms with van der Waals surface area (Å²) in [7, 11) is 3.10. The molecule has 6 nitrogen and oxygen atoms in total. The van der Waals surface area contributed by atoms with Gasteiger partial charge in [-0.3, -0.25) is 9.69 Å². The number of carbonyl (C=O) groups is 2. The molecular weight excluding hydrogens is 292 g/mol. The molecule has 2 unspecified atom stereocenters. The molecule has 110 valence electrons. The third-order valence-corrected chi connectivity index (χ3v) is 4.17. The number of amides is 3. The molecule has 1 aromatic rings. The highest BCUT2D eigenvalue weighted by molar-refractivity contribution is 6.65. The van der Waals surface area contributed by atoms with Gasteiger partial charge in [-0.1, -0.05) is 30.3 Å². The lowest BCUT2D eigenvalue weighted by molar-refractivity contribution is -0.136. The quantitative estimate of drug-likeness (QED) is 0.774. The standard InChI is InChI=1S/C14H15ClN4O2/c1-17-11-10(12(20)18(2)14(17)21)19(13(15)16-11)8-9-6-4-3-5-7-9/h3-7,10-11H,8H2,1-2H3. The average molecular weight is 307 g/mol. The van der Waals surface area contributed by atoms with Gasteiger partial charge in [-0.05, 0) is 17.2 Å². The molecule has 2 atom stereocenters. The van der Waals surface area contributed by atoms with E-state index in [1.165, 1.54) is 11.9 Å². The first-order chi connectivity index (χ1) is 10.0. The predicted octanol–water partition coefficient (Wildman–Crippen LogP) is 1.32. The summed E-state index contributed by atoms with van der Waals surface area (Å²) in [6.07, 6.45) is -0.558. The second-order valence-electron chi connectivity index (χ2n) is 5.16. The number of halogens is 1. The highest BCUT2D eigenvalue weighted by Gasteiger charge is 2.50. The van der Waals surface area contributed by atoms with E-state index < -0.39 is 12.2 Å². The van der Waals surface area contributed by atoms with Crippen LogP contribution in [0.3, 0.4) is 0 Å². The molecule has 0 saturated carbocycles. The number of hydrogen-bond acceptors (Lipinski definition) is 4. The van der Waals surface area contributed by atoms with Gasteiger partial charge in [0.1, 0.15) is 0 Å². The number of nitrogens with zero attached hydrogens (tertiary/aromatic N) is 4. The van der Waals surface area contributed by atoms with Crippen molar-refractivity contribution in [3.05, 3.63) is 35.9 Å². The van der Waals surface area contributed by atoms with Gasteiger partial charge in [0.25, 0.3) is 5.91 Å². The summed E-state index contributed by atoms with van der Waals surface area (Å²) >= 11 is 6.20. The van der Waals surface area contributed by atoms with E-state index in [0.29, 0.717) is 6.54 Å². The van der Waals surface area contributed by atoms with Gasteiger partial charge in [-0.2, -0.15) is 0 Å². The van der Waals surface area contributed by atoms with Crippen LogP contribution in [0.1, 0.15) is 5.56 Å². The van der Waals surface area contributed by atoms with Gasteiger partial charge in [-0.25, -0.2) is 9.79 Å². The molecule has 0 bridgehead atoms. The molecule has 0 spiro atoms. The summed E-state index contributed by atoms with van der Waals surface area (Å²) in [6.45, 7) is 0.478. The van der Waals surface area contributed by atoms with Crippen molar-refractivity contribution in [1.82, 2.24) is 14.7 Å². The van der Waals surface area contributed by atoms with Crippen LogP contribution in [-0.2, 0) is 11.3 Å². The second-order valence-corrected chi connectivity index (χ2v) is 5.50. The first-order valence-electron chi connectivity index (χ1n) is 6.59. The summed E-state index contributed by atoms with van der Waals surface area (Å²) in [4.78, 5) is 32.9. The number of benzene rings is 1. The minimum absolute atomic E-state index is 0.261. The van der Waals surface area contributed by atoms with Crippen LogP contribution < -0.4 is 0 Å². The van der Waals surface area contributed by atoms with Crippen LogP contribution in [0, 0.1) is 0 Å². The summed E-state index contributed by atoms with van der Waals surface area (Å²) in [6, 6.07) is 8.78. The Morgan fingerprint density at radius 3 is 2.52 bits per heavy atom. The summed E-state index contributed by atoms with van der Waals surface area (Å²) in [5.41, 5.74) is 1.03. The van der Waals surface area contributed by atoms with Crippen LogP contribution in [0.15, 0.2) is 35.3 Å². The van der Waals surface area contributed by atoms with Crippen molar-refractivity contribution in [2.45, 2.75) is 18.8 Å². The van der Waals surface area contributed by atoms with Crippen LogP contribution in [0.25, 0.3) is 0 Å². The van der Waals surface area contributed by atoms with Crippen LogP contribution in [0.2, 0.25) is 0 Å². The zero-order valence-corrected chi connectivity index (χ0v) is 12.5. The van der Waals surface area contributed by atoms with Gasteiger partial charge in [0.05, 0.1) is 0 Å². The molecule has 0 radical (unpaired) electrons. The Morgan fingerprint density at radius 2 is 1.86 bits per heavy atom. The van der Waals surface area contributed by atoms with E-state index in [-0.39, 0.29) is 17.2 Å². The molecule has 1 saturated heterocycles. The number of rotatable bonds is 2. The van der Waals surface area contributed by atoms with E-state index in [2.05, 4.69) is 4.99 Å². The first kappa shape index (κ1) is 13.9. The maximum Gasteiger partial charge on any atom is 0.328 e. The predicted molar refractivity (Wildman–Crippen MR) is 78.8 cm³/mol. The van der Waals surface area contributed by atoms with Crippen molar-refractivity contribution in [3.8, 4) is 0 Å². The molecule has 1 fully saturated rings. The van der Waals surface area contributed by atoms with Crippen molar-refractivity contribution in [2.24, 2.45) is 4.99 Å². The Kier molecular flexibility index (Phi) is 3.33. The Hall–Kier alpha value is -2.08. The number of aliphatic imine (C=N–C) groups is 1. The SMILES string of the molecule is CN1C(=O)C2C(N=C(Cl)N2Cc2ccccc2)N(C)C1=O. The van der Waals surface area contributed by atoms with E-state index in [4.69, 9.17) is 11.6 Å². The summed E-state index contributed by atoms with van der Waals surface area (Å²) in [5, 5.41) is 0.261. The average Bonchev–Trinajstić information content (AvgIpc) is 2.81. The number of imide groups is 1. The van der Waals surface area contributed by atoms with Gasteiger partial charge in [0.15, 0.2) is 17.5 Å². The number of carbonyl (C=O) groups excluding carboxylic acids is 2. The van der Waals surface area contributed by atoms with Crippen molar-refractivity contribution in [2.75, 3.05) is 14.1 Å². The van der Waals surface area contributed by atoms with Crippen LogP contribution >= 0.6 is 11.6 Å². The van der Waals surface area contributed by atoms with Crippen LogP contribution in [-0.4, -0.2) is 58.2 Å². The van der Waals surface area contributed by atoms with E-state index >= 15 is 0 Å². The maximum atomic E-state index is 12.4. The number of urea groups is 1. The van der Waals surface area contributed by atoms with Gasteiger partial charge >= 0.3 is 6.03 Å². The fourth-order valence-electron chi connectivity index (χ4n) is 2.67. The molecule has 1 aromatic carbocycles. The first-order valence-corrected chi connectivity index (χ1v) is 6.96. The fourth-order valence-corrected chi connectivity index (χ4v) is 2.94. The number of hydrogen-bond donors (Lipinski definition) is 0. The lowest BCUT2D eigenvalue weighted by atomic mass is 10.1. The van der Waals surface area contributed by atoms with Crippen molar-refractivity contribution >= 4 is 28.8 Å². The summed E-state index contributed by atoms with van der Waals surface area (Å²) in [5.74, 6) is -0.279. The summed E-state index contributed by atoms with van der Waals surface area (Å²) < 4.78 is 0.